The van der Waals surface area contributed by atoms with Crippen molar-refractivity contribution in [2.45, 2.75) is 56.4 Å². The zero-order valence-corrected chi connectivity index (χ0v) is 23.9. The summed E-state index contributed by atoms with van der Waals surface area (Å²) >= 11 is 0. The van der Waals surface area contributed by atoms with Crippen molar-refractivity contribution >= 4 is 27.4 Å². The van der Waals surface area contributed by atoms with Crippen molar-refractivity contribution in [1.29, 1.82) is 0 Å². The highest BCUT2D eigenvalue weighted by molar-refractivity contribution is 7.89. The first-order valence-corrected chi connectivity index (χ1v) is 15.1. The van der Waals surface area contributed by atoms with Crippen LogP contribution in [0.3, 0.4) is 0 Å². The minimum absolute atomic E-state index is 0.0323. The van der Waals surface area contributed by atoms with Gasteiger partial charge in [0.1, 0.15) is 11.6 Å². The topological polar surface area (TPSA) is 115 Å². The number of piperidine rings is 1. The highest BCUT2D eigenvalue weighted by Crippen LogP contribution is 2.37. The smallest absolute Gasteiger partial charge is 0.243 e. The number of aromatic nitrogens is 2. The fraction of sp³-hybridized carbons (Fsp3) is 0.414. The molecule has 5 rings (SSSR count). The van der Waals surface area contributed by atoms with Crippen molar-refractivity contribution in [2.24, 2.45) is 0 Å². The standard InChI is InChI=1S/C29H33F2N5O4S/c1-29(2)18-36(41(39,40)21-13-19(30)12-20(31)14-21)16-23-25(33-34-28(23)29)15-26(37)22-8-4-5-9-24(22)32-27(38)17-35-10-6-3-7-11-35/h4-5,8-9,12-14H,3,6-7,10-11,15-18H2,1-2H3,(H,32,38)(H,33,34). The number of hydrogen-bond donors (Lipinski definition) is 2. The van der Waals surface area contributed by atoms with Gasteiger partial charge in [-0.05, 0) is 50.2 Å². The normalized spacial score (nSPS) is 17.7. The van der Waals surface area contributed by atoms with Crippen LogP contribution in [0.4, 0.5) is 14.5 Å². The van der Waals surface area contributed by atoms with E-state index in [2.05, 4.69) is 20.4 Å². The van der Waals surface area contributed by atoms with Crippen LogP contribution in [0.5, 0.6) is 0 Å². The number of nitrogens with zero attached hydrogens (tertiary/aromatic N) is 3. The van der Waals surface area contributed by atoms with E-state index in [0.29, 0.717) is 34.3 Å². The Balaban J connectivity index is 1.37. The first-order valence-electron chi connectivity index (χ1n) is 13.6. The van der Waals surface area contributed by atoms with Gasteiger partial charge < -0.3 is 5.32 Å². The highest BCUT2D eigenvalue weighted by atomic mass is 32.2. The molecule has 3 aromatic rings. The molecule has 0 saturated carbocycles. The number of para-hydroxylation sites is 1. The van der Waals surface area contributed by atoms with Gasteiger partial charge in [-0.3, -0.25) is 19.6 Å². The molecule has 2 aliphatic rings. The molecule has 218 valence electrons. The van der Waals surface area contributed by atoms with Crippen molar-refractivity contribution in [3.05, 3.63) is 76.6 Å². The lowest BCUT2D eigenvalue weighted by Crippen LogP contribution is -2.45. The number of carbonyl (C=O) groups is 2. The Bertz CT molecular complexity index is 1560. The molecule has 0 spiro atoms. The number of aromatic amines is 1. The number of carbonyl (C=O) groups excluding carboxylic acids is 2. The monoisotopic (exact) mass is 585 g/mol. The number of halogens is 2. The van der Waals surface area contributed by atoms with Crippen LogP contribution >= 0.6 is 0 Å². The molecule has 12 heteroatoms. The predicted octanol–water partition coefficient (Wildman–Crippen LogP) is 4.02. The number of nitrogens with one attached hydrogen (secondary N) is 2. The summed E-state index contributed by atoms with van der Waals surface area (Å²) in [4.78, 5) is 27.9. The molecule has 9 nitrogen and oxygen atoms in total. The van der Waals surface area contributed by atoms with Gasteiger partial charge in [-0.1, -0.05) is 32.4 Å². The number of fused-ring (bicyclic) bond motifs is 1. The lowest BCUT2D eigenvalue weighted by atomic mass is 9.83. The summed E-state index contributed by atoms with van der Waals surface area (Å²) < 4.78 is 55.7. The Kier molecular flexibility index (Phi) is 8.09. The number of amides is 1. The summed E-state index contributed by atoms with van der Waals surface area (Å²) in [5, 5.41) is 10.2. The average Bonchev–Trinajstić information content (AvgIpc) is 3.32. The summed E-state index contributed by atoms with van der Waals surface area (Å²) in [6.45, 7) is 5.55. The largest absolute Gasteiger partial charge is 0.324 e. The summed E-state index contributed by atoms with van der Waals surface area (Å²) in [6.07, 6.45) is 3.17. The van der Waals surface area contributed by atoms with Crippen molar-refractivity contribution in [1.82, 2.24) is 19.4 Å². The molecular weight excluding hydrogens is 552 g/mol. The first kappa shape index (κ1) is 29.0. The Hall–Kier alpha value is -3.48. The van der Waals surface area contributed by atoms with Crippen LogP contribution in [0.1, 0.15) is 60.4 Å². The molecule has 1 fully saturated rings. The van der Waals surface area contributed by atoms with E-state index in [0.717, 1.165) is 48.8 Å². The number of ketones is 1. The average molecular weight is 586 g/mol. The summed E-state index contributed by atoms with van der Waals surface area (Å²) in [5.41, 5.74) is 1.60. The number of H-pyrrole nitrogens is 1. The second kappa shape index (κ2) is 11.4. The maximum atomic E-state index is 13.9. The second-order valence-corrected chi connectivity index (χ2v) is 13.3. The molecule has 2 aromatic carbocycles. The lowest BCUT2D eigenvalue weighted by Gasteiger charge is -2.36. The predicted molar refractivity (Wildman–Crippen MR) is 149 cm³/mol. The van der Waals surface area contributed by atoms with Crippen LogP contribution in [0.2, 0.25) is 0 Å². The fourth-order valence-corrected chi connectivity index (χ4v) is 7.24. The molecule has 0 aliphatic carbocycles. The van der Waals surface area contributed by atoms with Crippen LogP contribution in [0.25, 0.3) is 0 Å². The van der Waals surface area contributed by atoms with Crippen LogP contribution in [-0.2, 0) is 33.2 Å². The SMILES string of the molecule is CC1(C)CN(S(=O)(=O)c2cc(F)cc(F)c2)Cc2c1n[nH]c2CC(=O)c1ccccc1NC(=O)CN1CCCCC1. The number of benzene rings is 2. The quantitative estimate of drug-likeness (QED) is 0.386. The van der Waals surface area contributed by atoms with Gasteiger partial charge in [0, 0.05) is 41.4 Å². The van der Waals surface area contributed by atoms with Gasteiger partial charge in [0.2, 0.25) is 15.9 Å². The Morgan fingerprint density at radius 3 is 2.44 bits per heavy atom. The van der Waals surface area contributed by atoms with E-state index >= 15 is 0 Å². The Labute approximate surface area is 238 Å². The number of sulfonamides is 1. The molecular formula is C29H33F2N5O4S. The van der Waals surface area contributed by atoms with Crippen LogP contribution in [0, 0.1) is 11.6 Å². The third kappa shape index (κ3) is 6.24. The maximum Gasteiger partial charge on any atom is 0.243 e. The molecule has 3 heterocycles. The Morgan fingerprint density at radius 2 is 1.73 bits per heavy atom. The second-order valence-electron chi connectivity index (χ2n) is 11.3. The molecule has 1 aromatic heterocycles. The molecule has 1 saturated heterocycles. The minimum atomic E-state index is -4.25. The minimum Gasteiger partial charge on any atom is -0.324 e. The summed E-state index contributed by atoms with van der Waals surface area (Å²) in [7, 11) is -4.25. The lowest BCUT2D eigenvalue weighted by molar-refractivity contribution is -0.117. The molecule has 2 aliphatic heterocycles. The van der Waals surface area contributed by atoms with Gasteiger partial charge in [-0.25, -0.2) is 17.2 Å². The van der Waals surface area contributed by atoms with Crippen LogP contribution in [-0.4, -0.2) is 65.7 Å². The highest BCUT2D eigenvalue weighted by Gasteiger charge is 2.41. The fourth-order valence-electron chi connectivity index (χ4n) is 5.62. The van der Waals surface area contributed by atoms with E-state index < -0.39 is 32.0 Å². The zero-order chi connectivity index (χ0) is 29.4. The summed E-state index contributed by atoms with van der Waals surface area (Å²) in [6, 6.07) is 8.97. The van der Waals surface area contributed by atoms with Crippen molar-refractivity contribution < 1.29 is 26.8 Å². The summed E-state index contributed by atoms with van der Waals surface area (Å²) in [5.74, 6) is -2.45. The van der Waals surface area contributed by atoms with Crippen LogP contribution < -0.4 is 5.32 Å². The molecule has 41 heavy (non-hydrogen) atoms. The van der Waals surface area contributed by atoms with Gasteiger partial charge in [0.15, 0.2) is 5.78 Å². The molecule has 2 N–H and O–H groups in total. The van der Waals surface area contributed by atoms with E-state index in [1.54, 1.807) is 24.3 Å². The van der Waals surface area contributed by atoms with Gasteiger partial charge in [0.25, 0.3) is 0 Å². The first-order chi connectivity index (χ1) is 19.4. The van der Waals surface area contributed by atoms with Crippen LogP contribution in [0.15, 0.2) is 47.4 Å². The number of Topliss-reactive ketones (excluding diaryl/α,β-unsaturated/α-hetero) is 1. The van der Waals surface area contributed by atoms with Crippen molar-refractivity contribution in [2.75, 3.05) is 31.5 Å². The number of hydrogen-bond acceptors (Lipinski definition) is 6. The van der Waals surface area contributed by atoms with E-state index in [1.165, 1.54) is 0 Å². The van der Waals surface area contributed by atoms with Gasteiger partial charge in [-0.15, -0.1) is 0 Å². The Morgan fingerprint density at radius 1 is 1.05 bits per heavy atom. The van der Waals surface area contributed by atoms with Gasteiger partial charge in [-0.2, -0.15) is 9.40 Å². The van der Waals surface area contributed by atoms with Gasteiger partial charge >= 0.3 is 0 Å². The van der Waals surface area contributed by atoms with Gasteiger partial charge in [0.05, 0.1) is 29.2 Å². The molecule has 0 unspecified atom stereocenters. The van der Waals surface area contributed by atoms with Crippen molar-refractivity contribution in [3.63, 3.8) is 0 Å². The van der Waals surface area contributed by atoms with E-state index in [-0.39, 0.29) is 37.7 Å². The van der Waals surface area contributed by atoms with E-state index in [4.69, 9.17) is 0 Å². The molecule has 0 radical (unpaired) electrons. The number of rotatable bonds is 8. The van der Waals surface area contributed by atoms with E-state index in [1.807, 2.05) is 13.8 Å². The number of anilines is 1. The molecule has 1 amide bonds. The van der Waals surface area contributed by atoms with Crippen molar-refractivity contribution in [3.8, 4) is 0 Å². The number of likely N-dealkylation sites (tertiary alicyclic amines) is 1. The zero-order valence-electron chi connectivity index (χ0n) is 23.0. The third-order valence-corrected chi connectivity index (χ3v) is 9.40. The third-order valence-electron chi connectivity index (χ3n) is 7.63. The molecule has 0 atom stereocenters. The molecule has 0 bridgehead atoms. The van der Waals surface area contributed by atoms with E-state index in [9.17, 15) is 26.8 Å². The maximum absolute atomic E-state index is 13.9.